The fraction of sp³-hybridized carbons (Fsp3) is 0.176. The second-order valence-electron chi connectivity index (χ2n) is 5.68. The molecule has 0 radical (unpaired) electrons. The Morgan fingerprint density at radius 2 is 1.67 bits per heavy atom. The van der Waals surface area contributed by atoms with Gasteiger partial charge in [0.2, 0.25) is 21.8 Å². The molecule has 0 aromatic heterocycles. The zero-order valence-electron chi connectivity index (χ0n) is 14.6. The van der Waals surface area contributed by atoms with Gasteiger partial charge in [0.15, 0.2) is 0 Å². The van der Waals surface area contributed by atoms with Gasteiger partial charge in [0.25, 0.3) is 0 Å². The third kappa shape index (κ3) is 5.43. The van der Waals surface area contributed by atoms with E-state index in [-0.39, 0.29) is 21.6 Å². The highest BCUT2D eigenvalue weighted by Crippen LogP contribution is 2.26. The number of sulfonamides is 1. The van der Waals surface area contributed by atoms with Gasteiger partial charge in [-0.2, -0.15) is 4.31 Å². The van der Waals surface area contributed by atoms with Crippen molar-refractivity contribution in [3.8, 4) is 5.75 Å². The smallest absolute Gasteiger partial charge is 0.243 e. The van der Waals surface area contributed by atoms with Crippen molar-refractivity contribution in [3.63, 3.8) is 0 Å². The van der Waals surface area contributed by atoms with Crippen LogP contribution in [0.1, 0.15) is 6.92 Å². The summed E-state index contributed by atoms with van der Waals surface area (Å²) in [6.07, 6.45) is 0. The Morgan fingerprint density at radius 3 is 2.22 bits per heavy atom. The Balaban J connectivity index is 2.06. The molecule has 10 heteroatoms. The molecule has 0 heterocycles. The quantitative estimate of drug-likeness (QED) is 0.630. The van der Waals surface area contributed by atoms with E-state index in [1.165, 1.54) is 56.4 Å². The van der Waals surface area contributed by atoms with Gasteiger partial charge in [-0.3, -0.25) is 9.59 Å². The molecule has 2 amide bonds. The second-order valence-corrected chi connectivity index (χ2v) is 8.13. The SMILES string of the molecule is CC(=O)Nc1ccc(S(=O)(=O)N(C)CC(=O)Nc2ccc(O)c(Cl)c2)cc1. The summed E-state index contributed by atoms with van der Waals surface area (Å²) >= 11 is 5.77. The average Bonchev–Trinajstić information content (AvgIpc) is 2.58. The zero-order valence-corrected chi connectivity index (χ0v) is 16.1. The summed E-state index contributed by atoms with van der Waals surface area (Å²) < 4.78 is 26.0. The summed E-state index contributed by atoms with van der Waals surface area (Å²) in [5.74, 6) is -0.969. The molecule has 144 valence electrons. The van der Waals surface area contributed by atoms with Crippen molar-refractivity contribution < 1.29 is 23.1 Å². The lowest BCUT2D eigenvalue weighted by molar-refractivity contribution is -0.116. The lowest BCUT2D eigenvalue weighted by Crippen LogP contribution is -2.34. The molecular weight excluding hydrogens is 394 g/mol. The van der Waals surface area contributed by atoms with Crippen LogP contribution in [0.25, 0.3) is 0 Å². The maximum absolute atomic E-state index is 12.6. The van der Waals surface area contributed by atoms with Crippen LogP contribution in [0.2, 0.25) is 5.02 Å². The third-order valence-electron chi connectivity index (χ3n) is 3.48. The molecule has 0 saturated heterocycles. The molecule has 0 fully saturated rings. The van der Waals surface area contributed by atoms with E-state index >= 15 is 0 Å². The van der Waals surface area contributed by atoms with Crippen LogP contribution in [0.4, 0.5) is 11.4 Å². The molecule has 3 N–H and O–H groups in total. The van der Waals surface area contributed by atoms with E-state index in [0.717, 1.165) is 4.31 Å². The minimum atomic E-state index is -3.89. The summed E-state index contributed by atoms with van der Waals surface area (Å²) in [6, 6.07) is 9.71. The van der Waals surface area contributed by atoms with Crippen molar-refractivity contribution in [2.24, 2.45) is 0 Å². The molecule has 0 saturated carbocycles. The Kier molecular flexibility index (Phi) is 6.42. The van der Waals surface area contributed by atoms with Gasteiger partial charge in [-0.05, 0) is 42.5 Å². The molecule has 2 aromatic rings. The molecule has 27 heavy (non-hydrogen) atoms. The van der Waals surface area contributed by atoms with Crippen molar-refractivity contribution in [1.82, 2.24) is 4.31 Å². The number of carbonyl (C=O) groups is 2. The van der Waals surface area contributed by atoms with E-state index in [4.69, 9.17) is 11.6 Å². The van der Waals surface area contributed by atoms with E-state index < -0.39 is 22.5 Å². The monoisotopic (exact) mass is 411 g/mol. The fourth-order valence-electron chi connectivity index (χ4n) is 2.17. The Morgan fingerprint density at radius 1 is 1.07 bits per heavy atom. The van der Waals surface area contributed by atoms with Crippen LogP contribution in [0.5, 0.6) is 5.75 Å². The number of aromatic hydroxyl groups is 1. The molecular formula is C17H18ClN3O5S. The minimum absolute atomic E-state index is 0.0143. The molecule has 0 unspecified atom stereocenters. The highest BCUT2D eigenvalue weighted by molar-refractivity contribution is 7.89. The zero-order chi connectivity index (χ0) is 20.2. The number of amides is 2. The summed E-state index contributed by atoms with van der Waals surface area (Å²) in [6.45, 7) is 0.923. The van der Waals surface area contributed by atoms with Gasteiger partial charge < -0.3 is 15.7 Å². The first-order chi connectivity index (χ1) is 12.6. The van der Waals surface area contributed by atoms with Crippen LogP contribution in [0.15, 0.2) is 47.4 Å². The number of halogens is 1. The van der Waals surface area contributed by atoms with Crippen molar-refractivity contribution in [2.75, 3.05) is 24.2 Å². The largest absolute Gasteiger partial charge is 0.506 e. The Bertz CT molecular complexity index is 961. The maximum atomic E-state index is 12.6. The van der Waals surface area contributed by atoms with Crippen molar-refractivity contribution in [1.29, 1.82) is 0 Å². The maximum Gasteiger partial charge on any atom is 0.243 e. The van der Waals surface area contributed by atoms with Gasteiger partial charge >= 0.3 is 0 Å². The van der Waals surface area contributed by atoms with Crippen LogP contribution < -0.4 is 10.6 Å². The van der Waals surface area contributed by atoms with Crippen molar-refractivity contribution in [3.05, 3.63) is 47.5 Å². The van der Waals surface area contributed by atoms with Gasteiger partial charge in [0.1, 0.15) is 5.75 Å². The Hall–Kier alpha value is -2.62. The van der Waals surface area contributed by atoms with E-state index in [9.17, 15) is 23.1 Å². The Labute approximate surface area is 161 Å². The number of carbonyl (C=O) groups excluding carboxylic acids is 2. The lowest BCUT2D eigenvalue weighted by atomic mass is 10.3. The number of hydrogen-bond donors (Lipinski definition) is 3. The van der Waals surface area contributed by atoms with E-state index in [1.54, 1.807) is 0 Å². The topological polar surface area (TPSA) is 116 Å². The molecule has 2 rings (SSSR count). The highest BCUT2D eigenvalue weighted by atomic mass is 35.5. The number of phenolic OH excluding ortho intramolecular Hbond substituents is 1. The number of anilines is 2. The summed E-state index contributed by atoms with van der Waals surface area (Å²) in [7, 11) is -2.61. The van der Waals surface area contributed by atoms with E-state index in [2.05, 4.69) is 10.6 Å². The van der Waals surface area contributed by atoms with Gasteiger partial charge in [-0.15, -0.1) is 0 Å². The van der Waals surface area contributed by atoms with Crippen LogP contribution in [0, 0.1) is 0 Å². The number of likely N-dealkylation sites (N-methyl/N-ethyl adjacent to an activating group) is 1. The van der Waals surface area contributed by atoms with Crippen LogP contribution in [0.3, 0.4) is 0 Å². The van der Waals surface area contributed by atoms with E-state index in [0.29, 0.717) is 11.4 Å². The van der Waals surface area contributed by atoms with E-state index in [1.807, 2.05) is 0 Å². The minimum Gasteiger partial charge on any atom is -0.506 e. The molecule has 0 atom stereocenters. The number of rotatable bonds is 6. The van der Waals surface area contributed by atoms with Gasteiger partial charge in [0.05, 0.1) is 16.5 Å². The van der Waals surface area contributed by atoms with Gasteiger partial charge in [-0.25, -0.2) is 8.42 Å². The predicted octanol–water partition coefficient (Wildman–Crippen LogP) is 2.26. The van der Waals surface area contributed by atoms with Crippen LogP contribution >= 0.6 is 11.6 Å². The first-order valence-corrected chi connectivity index (χ1v) is 9.54. The summed E-state index contributed by atoms with van der Waals surface area (Å²) in [5, 5.41) is 14.5. The average molecular weight is 412 g/mol. The second kappa shape index (κ2) is 8.38. The van der Waals surface area contributed by atoms with Crippen molar-refractivity contribution in [2.45, 2.75) is 11.8 Å². The molecule has 8 nitrogen and oxygen atoms in total. The molecule has 0 aliphatic carbocycles. The van der Waals surface area contributed by atoms with Gasteiger partial charge in [0, 0.05) is 25.3 Å². The third-order valence-corrected chi connectivity index (χ3v) is 5.60. The highest BCUT2D eigenvalue weighted by Gasteiger charge is 2.23. The number of hydrogen-bond acceptors (Lipinski definition) is 5. The molecule has 0 aliphatic rings. The normalized spacial score (nSPS) is 11.3. The molecule has 0 spiro atoms. The predicted molar refractivity (Wildman–Crippen MR) is 102 cm³/mol. The first-order valence-electron chi connectivity index (χ1n) is 7.72. The molecule has 2 aromatic carbocycles. The molecule has 0 bridgehead atoms. The number of phenols is 1. The summed E-state index contributed by atoms with van der Waals surface area (Å²) in [4.78, 5) is 23.1. The number of benzene rings is 2. The van der Waals surface area contributed by atoms with Crippen LogP contribution in [-0.4, -0.2) is 43.2 Å². The number of nitrogens with zero attached hydrogens (tertiary/aromatic N) is 1. The fourth-order valence-corrected chi connectivity index (χ4v) is 3.47. The molecule has 0 aliphatic heterocycles. The van der Waals surface area contributed by atoms with Gasteiger partial charge in [-0.1, -0.05) is 11.6 Å². The lowest BCUT2D eigenvalue weighted by Gasteiger charge is -2.17. The van der Waals surface area contributed by atoms with Crippen molar-refractivity contribution >= 4 is 44.8 Å². The summed E-state index contributed by atoms with van der Waals surface area (Å²) in [5.41, 5.74) is 0.791. The van der Waals surface area contributed by atoms with Crippen LogP contribution in [-0.2, 0) is 19.6 Å². The standard InChI is InChI=1S/C17H18ClN3O5S/c1-11(22)19-12-3-6-14(7-4-12)27(25,26)21(2)10-17(24)20-13-5-8-16(23)15(18)9-13/h3-9,23H,10H2,1-2H3,(H,19,22)(H,20,24). The first kappa shape index (κ1) is 20.7. The number of nitrogens with one attached hydrogen (secondary N) is 2.